The molecular weight excluding hydrogens is 212 g/mol. The van der Waals surface area contributed by atoms with Crippen molar-refractivity contribution in [2.24, 2.45) is 0 Å². The summed E-state index contributed by atoms with van der Waals surface area (Å²) in [5.41, 5.74) is 0. The number of aliphatic hydroxyl groups excluding tert-OH is 3. The van der Waals surface area contributed by atoms with Crippen molar-refractivity contribution in [2.75, 3.05) is 13.2 Å². The minimum Gasteiger partial charge on any atom is -0.388 e. The van der Waals surface area contributed by atoms with Gasteiger partial charge in [0.1, 0.15) is 18.3 Å². The molecule has 0 aromatic rings. The van der Waals surface area contributed by atoms with Gasteiger partial charge >= 0.3 is 0 Å². The molecule has 0 saturated carbocycles. The van der Waals surface area contributed by atoms with E-state index >= 15 is 0 Å². The molecule has 4 atom stereocenters. The first-order chi connectivity index (χ1) is 7.66. The van der Waals surface area contributed by atoms with Gasteiger partial charge in [0.25, 0.3) is 0 Å². The van der Waals surface area contributed by atoms with Gasteiger partial charge in [-0.2, -0.15) is 0 Å². The Balaban J connectivity index is 2.16. The lowest BCUT2D eigenvalue weighted by Crippen LogP contribution is -2.53. The summed E-state index contributed by atoms with van der Waals surface area (Å²) in [7, 11) is 0. The van der Waals surface area contributed by atoms with E-state index in [1.807, 2.05) is 0 Å². The molecule has 1 saturated heterocycles. The molecular formula is C11H22O5. The van der Waals surface area contributed by atoms with Gasteiger partial charge in [0.15, 0.2) is 6.29 Å². The second-order valence-electron chi connectivity index (χ2n) is 4.18. The van der Waals surface area contributed by atoms with Gasteiger partial charge in [-0.25, -0.2) is 0 Å². The van der Waals surface area contributed by atoms with E-state index in [0.717, 1.165) is 19.3 Å². The fraction of sp³-hybridized carbons (Fsp3) is 1.00. The Kier molecular flexibility index (Phi) is 6.23. The van der Waals surface area contributed by atoms with E-state index < -0.39 is 24.6 Å². The first-order valence-corrected chi connectivity index (χ1v) is 5.94. The van der Waals surface area contributed by atoms with Crippen LogP contribution in [0.25, 0.3) is 0 Å². The van der Waals surface area contributed by atoms with Gasteiger partial charge in [-0.1, -0.05) is 26.2 Å². The molecule has 96 valence electrons. The second kappa shape index (κ2) is 7.19. The zero-order valence-corrected chi connectivity index (χ0v) is 9.71. The normalized spacial score (nSPS) is 35.2. The van der Waals surface area contributed by atoms with E-state index in [1.165, 1.54) is 6.42 Å². The van der Waals surface area contributed by atoms with Crippen LogP contribution in [0.4, 0.5) is 0 Å². The third-order valence-corrected chi connectivity index (χ3v) is 2.73. The molecule has 5 nitrogen and oxygen atoms in total. The lowest BCUT2D eigenvalue weighted by Gasteiger charge is -2.34. The maximum absolute atomic E-state index is 9.55. The number of hydrogen-bond donors (Lipinski definition) is 3. The van der Waals surface area contributed by atoms with Gasteiger partial charge in [-0.15, -0.1) is 0 Å². The molecule has 3 N–H and O–H groups in total. The summed E-state index contributed by atoms with van der Waals surface area (Å²) in [6, 6.07) is 0. The van der Waals surface area contributed by atoms with Gasteiger partial charge in [0.2, 0.25) is 0 Å². The van der Waals surface area contributed by atoms with E-state index in [0.29, 0.717) is 6.61 Å². The van der Waals surface area contributed by atoms with Crippen LogP contribution >= 0.6 is 0 Å². The maximum Gasteiger partial charge on any atom is 0.186 e. The maximum atomic E-state index is 9.55. The first kappa shape index (κ1) is 13.9. The average molecular weight is 234 g/mol. The Labute approximate surface area is 96.0 Å². The highest BCUT2D eigenvalue weighted by Gasteiger charge is 2.37. The van der Waals surface area contributed by atoms with Crippen molar-refractivity contribution in [3.8, 4) is 0 Å². The minimum absolute atomic E-state index is 0.00213. The average Bonchev–Trinajstić information content (AvgIpc) is 2.28. The molecule has 16 heavy (non-hydrogen) atoms. The molecule has 0 radical (unpaired) electrons. The number of unbranched alkanes of at least 4 members (excludes halogenated alkanes) is 3. The molecule has 1 aliphatic rings. The zero-order valence-electron chi connectivity index (χ0n) is 9.71. The second-order valence-corrected chi connectivity index (χ2v) is 4.18. The quantitative estimate of drug-likeness (QED) is 0.565. The third kappa shape index (κ3) is 3.99. The summed E-state index contributed by atoms with van der Waals surface area (Å²) < 4.78 is 10.4. The molecule has 5 heteroatoms. The number of ether oxygens (including phenoxy) is 2. The Morgan fingerprint density at radius 2 is 1.88 bits per heavy atom. The van der Waals surface area contributed by atoms with E-state index in [-0.39, 0.29) is 6.61 Å². The summed E-state index contributed by atoms with van der Waals surface area (Å²) in [6.07, 6.45) is 0.120. The predicted octanol–water partition coefficient (Wildman–Crippen LogP) is 0.0223. The highest BCUT2D eigenvalue weighted by Crippen LogP contribution is 2.16. The molecule has 1 heterocycles. The van der Waals surface area contributed by atoms with Gasteiger partial charge in [-0.3, -0.25) is 0 Å². The van der Waals surface area contributed by atoms with Crippen molar-refractivity contribution in [3.05, 3.63) is 0 Å². The van der Waals surface area contributed by atoms with Gasteiger partial charge in [-0.05, 0) is 6.42 Å². The van der Waals surface area contributed by atoms with Crippen molar-refractivity contribution >= 4 is 0 Å². The Morgan fingerprint density at radius 3 is 2.56 bits per heavy atom. The first-order valence-electron chi connectivity index (χ1n) is 5.94. The van der Waals surface area contributed by atoms with Crippen LogP contribution in [0, 0.1) is 0 Å². The van der Waals surface area contributed by atoms with Crippen LogP contribution in [0.3, 0.4) is 0 Å². The minimum atomic E-state index is -1.19. The van der Waals surface area contributed by atoms with Crippen LogP contribution in [-0.4, -0.2) is 53.1 Å². The van der Waals surface area contributed by atoms with Gasteiger partial charge < -0.3 is 24.8 Å². The van der Waals surface area contributed by atoms with Crippen LogP contribution in [0.2, 0.25) is 0 Å². The summed E-state index contributed by atoms with van der Waals surface area (Å²) >= 11 is 0. The Morgan fingerprint density at radius 1 is 1.12 bits per heavy atom. The monoisotopic (exact) mass is 234 g/mol. The number of rotatable bonds is 6. The van der Waals surface area contributed by atoms with Gasteiger partial charge in [0, 0.05) is 6.61 Å². The molecule has 0 spiro atoms. The van der Waals surface area contributed by atoms with Crippen molar-refractivity contribution in [2.45, 2.75) is 57.2 Å². The van der Waals surface area contributed by atoms with E-state index in [1.54, 1.807) is 0 Å². The van der Waals surface area contributed by atoms with Gasteiger partial charge in [0.05, 0.1) is 6.61 Å². The fourth-order valence-electron chi connectivity index (χ4n) is 1.65. The van der Waals surface area contributed by atoms with Crippen LogP contribution in [-0.2, 0) is 9.47 Å². The molecule has 0 aromatic carbocycles. The zero-order chi connectivity index (χ0) is 12.0. The van der Waals surface area contributed by atoms with Crippen molar-refractivity contribution in [1.29, 1.82) is 0 Å². The lowest BCUT2D eigenvalue weighted by molar-refractivity contribution is -0.270. The summed E-state index contributed by atoms with van der Waals surface area (Å²) in [4.78, 5) is 0. The lowest BCUT2D eigenvalue weighted by atomic mass is 10.1. The highest BCUT2D eigenvalue weighted by molar-refractivity contribution is 4.82. The number of aliphatic hydroxyl groups is 3. The van der Waals surface area contributed by atoms with E-state index in [9.17, 15) is 15.3 Å². The summed E-state index contributed by atoms with van der Waals surface area (Å²) in [6.45, 7) is 2.63. The van der Waals surface area contributed by atoms with Crippen molar-refractivity contribution in [1.82, 2.24) is 0 Å². The smallest absolute Gasteiger partial charge is 0.186 e. The largest absolute Gasteiger partial charge is 0.388 e. The SMILES string of the molecule is CCCCCCO[C@H]1OC[C@@H](O)[C@H](O)[C@H]1O. The van der Waals surface area contributed by atoms with Crippen LogP contribution < -0.4 is 0 Å². The standard InChI is InChI=1S/C11H22O5/c1-2-3-4-5-6-15-11-10(14)9(13)8(12)7-16-11/h8-14H,2-7H2,1H3/t8-,9+,10-,11+/m1/s1. The third-order valence-electron chi connectivity index (χ3n) is 2.73. The molecule has 0 unspecified atom stereocenters. The molecule has 1 fully saturated rings. The molecule has 0 aliphatic carbocycles. The fourth-order valence-corrected chi connectivity index (χ4v) is 1.65. The molecule has 1 rings (SSSR count). The number of hydrogen-bond acceptors (Lipinski definition) is 5. The van der Waals surface area contributed by atoms with Crippen LogP contribution in [0.1, 0.15) is 32.6 Å². The molecule has 1 aliphatic heterocycles. The molecule has 0 bridgehead atoms. The predicted molar refractivity (Wildman–Crippen MR) is 57.9 cm³/mol. The molecule has 0 amide bonds. The Hall–Kier alpha value is -0.200. The van der Waals surface area contributed by atoms with Crippen molar-refractivity contribution < 1.29 is 24.8 Å². The topological polar surface area (TPSA) is 79.2 Å². The summed E-state index contributed by atoms with van der Waals surface area (Å²) in [5.74, 6) is 0. The van der Waals surface area contributed by atoms with E-state index in [4.69, 9.17) is 9.47 Å². The Bertz CT molecular complexity index is 187. The van der Waals surface area contributed by atoms with Crippen LogP contribution in [0.15, 0.2) is 0 Å². The van der Waals surface area contributed by atoms with E-state index in [2.05, 4.69) is 6.92 Å². The van der Waals surface area contributed by atoms with Crippen LogP contribution in [0.5, 0.6) is 0 Å². The molecule has 0 aromatic heterocycles. The highest BCUT2D eigenvalue weighted by atomic mass is 16.7. The van der Waals surface area contributed by atoms with Crippen molar-refractivity contribution in [3.63, 3.8) is 0 Å². The summed E-state index contributed by atoms with van der Waals surface area (Å²) in [5, 5.41) is 28.2.